The summed E-state index contributed by atoms with van der Waals surface area (Å²) in [5, 5.41) is 2.37. The molecule has 304 valence electrons. The maximum Gasteiger partial charge on any atom is 0.488 e. The quantitative estimate of drug-likeness (QED) is 0.0646. The van der Waals surface area contributed by atoms with E-state index in [1.807, 2.05) is 78.9 Å². The fourth-order valence-corrected chi connectivity index (χ4v) is 8.23. The maximum absolute atomic E-state index is 14.0. The minimum atomic E-state index is -3.29. The summed E-state index contributed by atoms with van der Waals surface area (Å²) in [5.74, 6) is 0.857. The molecule has 4 aromatic carbocycles. The first-order valence-electron chi connectivity index (χ1n) is 18.8. The highest BCUT2D eigenvalue weighted by molar-refractivity contribution is 7.30. The lowest BCUT2D eigenvalue weighted by Crippen LogP contribution is -2.52. The van der Waals surface area contributed by atoms with Crippen molar-refractivity contribution in [1.29, 1.82) is 0 Å². The lowest BCUT2D eigenvalue weighted by atomic mass is 9.79. The van der Waals surface area contributed by atoms with Crippen molar-refractivity contribution in [2.45, 2.75) is 69.0 Å². The third-order valence-electron chi connectivity index (χ3n) is 10.7. The van der Waals surface area contributed by atoms with Crippen LogP contribution in [0.25, 0.3) is 0 Å². The minimum absolute atomic E-state index is 0.0353. The van der Waals surface area contributed by atoms with Gasteiger partial charge in [0, 0.05) is 11.8 Å². The molecule has 15 heteroatoms. The highest BCUT2D eigenvalue weighted by atomic mass is 31.1. The molecule has 1 fully saturated rings. The molecule has 1 saturated heterocycles. The Hall–Kier alpha value is -5.05. The van der Waals surface area contributed by atoms with Gasteiger partial charge >= 0.3 is 13.9 Å². The molecule has 2 heterocycles. The van der Waals surface area contributed by atoms with Gasteiger partial charge in [0.05, 0.1) is 14.2 Å². The number of ether oxygens (including phenoxy) is 4. The molecule has 1 N–H and O–H groups in total. The molecule has 0 saturated carbocycles. The molecule has 5 atom stereocenters. The predicted molar refractivity (Wildman–Crippen MR) is 220 cm³/mol. The van der Waals surface area contributed by atoms with Crippen LogP contribution in [0.1, 0.15) is 54.0 Å². The molecule has 5 aromatic rings. The number of carbonyl (C=O) groups excluding carboxylic acids is 1. The van der Waals surface area contributed by atoms with Crippen LogP contribution in [-0.4, -0.2) is 62.9 Å². The van der Waals surface area contributed by atoms with Gasteiger partial charge in [-0.05, 0) is 81.9 Å². The van der Waals surface area contributed by atoms with E-state index >= 15 is 0 Å². The molecule has 58 heavy (non-hydrogen) atoms. The molecule has 6 rings (SSSR count). The zero-order chi connectivity index (χ0) is 41.7. The van der Waals surface area contributed by atoms with Gasteiger partial charge in [-0.3, -0.25) is 9.36 Å². The Morgan fingerprint density at radius 1 is 0.828 bits per heavy atom. The second-order valence-corrected chi connectivity index (χ2v) is 20.8. The second kappa shape index (κ2) is 17.8. The Labute approximate surface area is 340 Å². The number of benzene rings is 4. The molecular weight excluding hydrogens is 778 g/mol. The van der Waals surface area contributed by atoms with E-state index < -0.39 is 64.9 Å². The van der Waals surface area contributed by atoms with E-state index in [9.17, 15) is 19.0 Å². The molecule has 2 unspecified atom stereocenters. The zero-order valence-corrected chi connectivity index (χ0v) is 35.4. The predicted octanol–water partition coefficient (Wildman–Crippen LogP) is 7.21. The van der Waals surface area contributed by atoms with Crippen LogP contribution < -0.4 is 25.4 Å². The molecule has 1 aliphatic rings. The van der Waals surface area contributed by atoms with Gasteiger partial charge in [-0.2, -0.15) is 4.98 Å². The fraction of sp³-hybridized carbons (Fsp3) is 0.326. The van der Waals surface area contributed by atoms with Gasteiger partial charge in [-0.1, -0.05) is 93.6 Å². The molecule has 0 bridgehead atoms. The van der Waals surface area contributed by atoms with Crippen LogP contribution in [0.2, 0.25) is 18.1 Å². The number of carbonyl (C=O) groups is 1. The summed E-state index contributed by atoms with van der Waals surface area (Å²) in [5.41, 5.74) is 0.439. The van der Waals surface area contributed by atoms with Crippen LogP contribution in [0.3, 0.4) is 0 Å². The fourth-order valence-electron chi connectivity index (χ4n) is 6.67. The van der Waals surface area contributed by atoms with Crippen molar-refractivity contribution in [2.75, 3.05) is 26.1 Å². The molecule has 0 spiro atoms. The molecular formula is C43H48N3O10PSi. The number of nitrogens with zero attached hydrogens (tertiary/aromatic N) is 2. The summed E-state index contributed by atoms with van der Waals surface area (Å²) in [6, 6.07) is 34.6. The van der Waals surface area contributed by atoms with E-state index in [4.69, 9.17) is 27.9 Å². The number of rotatable bonds is 15. The van der Waals surface area contributed by atoms with E-state index in [0.29, 0.717) is 28.2 Å². The highest BCUT2D eigenvalue weighted by Gasteiger charge is 2.55. The number of hydrogen-bond donors (Lipinski definition) is 1. The molecule has 1 aromatic heterocycles. The first kappa shape index (κ1) is 42.5. The second-order valence-electron chi connectivity index (χ2n) is 15.3. The van der Waals surface area contributed by atoms with Gasteiger partial charge in [-0.25, -0.2) is 4.79 Å². The molecule has 13 nitrogen and oxygen atoms in total. The number of methoxy groups -OCH3 is 2. The van der Waals surface area contributed by atoms with Gasteiger partial charge in [-0.15, -0.1) is 4.52 Å². The Bertz CT molecular complexity index is 2190. The van der Waals surface area contributed by atoms with E-state index in [1.54, 1.807) is 44.6 Å². The largest absolute Gasteiger partial charge is 0.566 e. The van der Waals surface area contributed by atoms with Crippen molar-refractivity contribution in [2.24, 2.45) is 0 Å². The first-order valence-corrected chi connectivity index (χ1v) is 22.8. The van der Waals surface area contributed by atoms with Crippen molar-refractivity contribution >= 4 is 28.3 Å². The van der Waals surface area contributed by atoms with Crippen LogP contribution >= 0.6 is 8.25 Å². The van der Waals surface area contributed by atoms with Crippen molar-refractivity contribution in [1.82, 2.24) is 9.55 Å². The summed E-state index contributed by atoms with van der Waals surface area (Å²) >= 11 is 0. The third-order valence-corrected chi connectivity index (χ3v) is 15.6. The van der Waals surface area contributed by atoms with E-state index in [-0.39, 0.29) is 10.9 Å². The normalized spacial score (nSPS) is 18.7. The van der Waals surface area contributed by atoms with Crippen molar-refractivity contribution < 1.29 is 42.2 Å². The standard InChI is InChI=1S/C43H48N3O10PSi/c1-42(2,3)58(6,7)56-38-37(35(28-53-57(49)50)54-40(38)46-27-26-36(45-41(46)48)44-39(47)29-14-10-8-11-15-29)55-43(30-16-12-9-13-17-30,31-18-22-33(51-4)23-19-31)32-20-24-34(52-5)25-21-32/h8-27,35,37-38,40H,28H2,1-7H3,(H,44,45,47,48)/t35-,37?,38+,40-/m1/s1. The highest BCUT2D eigenvalue weighted by Crippen LogP contribution is 2.48. The Kier molecular flexibility index (Phi) is 13.1. The monoisotopic (exact) mass is 825 g/mol. The van der Waals surface area contributed by atoms with Crippen molar-refractivity contribution in [3.8, 4) is 11.5 Å². The number of hydrogen-bond acceptors (Lipinski definition) is 11. The summed E-state index contributed by atoms with van der Waals surface area (Å²) < 4.78 is 51.0. The SMILES string of the molecule is COc1ccc(C(OC2[C@@H](CO[P+](=O)[O-])O[C@@H](n3ccc(NC(=O)c4ccccc4)nc3=O)[C@H]2O[Si](C)(C)C(C)(C)C)(c2ccccc2)c2ccc(OC)cc2)cc1. The minimum Gasteiger partial charge on any atom is -0.566 e. The van der Waals surface area contributed by atoms with Crippen LogP contribution in [0.4, 0.5) is 5.82 Å². The average Bonchev–Trinajstić information content (AvgIpc) is 3.54. The topological polar surface area (TPSA) is 160 Å². The molecule has 0 radical (unpaired) electrons. The average molecular weight is 826 g/mol. The number of amides is 1. The van der Waals surface area contributed by atoms with Gasteiger partial charge in [0.15, 0.2) is 14.5 Å². The molecule has 0 aliphatic carbocycles. The summed E-state index contributed by atoms with van der Waals surface area (Å²) in [4.78, 5) is 43.1. The summed E-state index contributed by atoms with van der Waals surface area (Å²) in [6.45, 7) is 9.96. The molecule has 1 amide bonds. The van der Waals surface area contributed by atoms with E-state index in [0.717, 1.165) is 5.56 Å². The summed E-state index contributed by atoms with van der Waals surface area (Å²) in [7, 11) is -2.85. The third kappa shape index (κ3) is 9.14. The van der Waals surface area contributed by atoms with Crippen LogP contribution in [0, 0.1) is 0 Å². The van der Waals surface area contributed by atoms with Gasteiger partial charge in [0.2, 0.25) is 0 Å². The maximum atomic E-state index is 14.0. The zero-order valence-electron chi connectivity index (χ0n) is 33.5. The first-order chi connectivity index (χ1) is 27.7. The van der Waals surface area contributed by atoms with Crippen molar-refractivity contribution in [3.63, 3.8) is 0 Å². The van der Waals surface area contributed by atoms with E-state index in [2.05, 4.69) is 44.2 Å². The van der Waals surface area contributed by atoms with Crippen LogP contribution in [0.5, 0.6) is 11.5 Å². The van der Waals surface area contributed by atoms with Gasteiger partial charge in [0.1, 0.15) is 47.8 Å². The van der Waals surface area contributed by atoms with Crippen LogP contribution in [-0.2, 0) is 28.6 Å². The van der Waals surface area contributed by atoms with Gasteiger partial charge in [0.25, 0.3) is 5.91 Å². The lowest BCUT2D eigenvalue weighted by Gasteiger charge is -2.43. The Morgan fingerprint density at radius 2 is 1.36 bits per heavy atom. The Morgan fingerprint density at radius 3 is 1.86 bits per heavy atom. The number of aromatic nitrogens is 2. The van der Waals surface area contributed by atoms with Crippen molar-refractivity contribution in [3.05, 3.63) is 154 Å². The smallest absolute Gasteiger partial charge is 0.488 e. The van der Waals surface area contributed by atoms with Crippen LogP contribution in [0.15, 0.2) is 126 Å². The number of anilines is 1. The number of nitrogens with one attached hydrogen (secondary N) is 1. The van der Waals surface area contributed by atoms with Gasteiger partial charge < -0.3 is 33.6 Å². The molecule has 1 aliphatic heterocycles. The summed E-state index contributed by atoms with van der Waals surface area (Å²) in [6.07, 6.45) is -2.87. The Balaban J connectivity index is 1.53. The van der Waals surface area contributed by atoms with E-state index in [1.165, 1.54) is 16.8 Å². The lowest BCUT2D eigenvalue weighted by molar-refractivity contribution is -0.190.